The molecule has 0 aliphatic heterocycles. The van der Waals surface area contributed by atoms with E-state index in [4.69, 9.17) is 0 Å². The maximum Gasteiger partial charge on any atom is 0.0674 e. The van der Waals surface area contributed by atoms with Gasteiger partial charge in [0.15, 0.2) is 0 Å². The summed E-state index contributed by atoms with van der Waals surface area (Å²) in [5.41, 5.74) is 7.97. The van der Waals surface area contributed by atoms with Crippen molar-refractivity contribution in [1.29, 1.82) is 0 Å². The molecule has 3 nitrogen and oxygen atoms in total. The number of hydrogen-bond donors (Lipinski definition) is 1. The maximum absolute atomic E-state index is 4.54. The number of nitrogens with zero attached hydrogens (tertiary/aromatic N) is 2. The van der Waals surface area contributed by atoms with Crippen LogP contribution in [0.4, 0.5) is 0 Å². The Kier molecular flexibility index (Phi) is 3.85. The second kappa shape index (κ2) is 5.64. The first kappa shape index (κ1) is 14.3. The molecule has 0 saturated carbocycles. The van der Waals surface area contributed by atoms with E-state index in [-0.39, 0.29) is 0 Å². The zero-order valence-corrected chi connectivity index (χ0v) is 13.5. The van der Waals surface area contributed by atoms with Gasteiger partial charge in [0, 0.05) is 24.3 Å². The van der Waals surface area contributed by atoms with E-state index in [0.29, 0.717) is 6.04 Å². The summed E-state index contributed by atoms with van der Waals surface area (Å²) >= 11 is 0. The van der Waals surface area contributed by atoms with E-state index in [9.17, 15) is 0 Å². The number of aromatic nitrogens is 2. The molecule has 0 amide bonds. The highest BCUT2D eigenvalue weighted by Crippen LogP contribution is 2.35. The average molecular weight is 283 g/mol. The number of hydrogen-bond acceptors (Lipinski definition) is 2. The van der Waals surface area contributed by atoms with Crippen molar-refractivity contribution in [3.63, 3.8) is 0 Å². The van der Waals surface area contributed by atoms with Gasteiger partial charge in [0.2, 0.25) is 0 Å². The molecule has 1 unspecified atom stereocenters. The van der Waals surface area contributed by atoms with E-state index < -0.39 is 0 Å². The molecule has 1 aliphatic carbocycles. The van der Waals surface area contributed by atoms with Crippen LogP contribution in [0.3, 0.4) is 0 Å². The summed E-state index contributed by atoms with van der Waals surface area (Å²) in [4.78, 5) is 0. The highest BCUT2D eigenvalue weighted by molar-refractivity contribution is 5.70. The van der Waals surface area contributed by atoms with Crippen LogP contribution in [0.15, 0.2) is 18.2 Å². The van der Waals surface area contributed by atoms with E-state index in [1.807, 2.05) is 11.7 Å². The van der Waals surface area contributed by atoms with Gasteiger partial charge < -0.3 is 5.32 Å². The van der Waals surface area contributed by atoms with Gasteiger partial charge in [0.25, 0.3) is 0 Å². The summed E-state index contributed by atoms with van der Waals surface area (Å²) in [6, 6.07) is 7.50. The van der Waals surface area contributed by atoms with Crippen LogP contribution >= 0.6 is 0 Å². The Labute approximate surface area is 127 Å². The van der Waals surface area contributed by atoms with Crippen LogP contribution in [0.5, 0.6) is 0 Å². The summed E-state index contributed by atoms with van der Waals surface area (Å²) < 4.78 is 1.98. The average Bonchev–Trinajstić information content (AvgIpc) is 2.97. The normalized spacial score (nSPS) is 17.2. The van der Waals surface area contributed by atoms with Gasteiger partial charge >= 0.3 is 0 Å². The van der Waals surface area contributed by atoms with Crippen LogP contribution in [0.1, 0.15) is 48.3 Å². The molecule has 1 N–H and O–H groups in total. The predicted octanol–water partition coefficient (Wildman–Crippen LogP) is 3.69. The Bertz CT molecular complexity index is 655. The Morgan fingerprint density at radius 1 is 1.33 bits per heavy atom. The van der Waals surface area contributed by atoms with Crippen molar-refractivity contribution >= 4 is 0 Å². The van der Waals surface area contributed by atoms with Gasteiger partial charge in [-0.3, -0.25) is 4.68 Å². The van der Waals surface area contributed by atoms with Gasteiger partial charge in [0.05, 0.1) is 5.69 Å². The van der Waals surface area contributed by atoms with Gasteiger partial charge in [0.1, 0.15) is 0 Å². The van der Waals surface area contributed by atoms with Gasteiger partial charge in [-0.1, -0.05) is 25.1 Å². The monoisotopic (exact) mass is 283 g/mol. The molecule has 1 heterocycles. The third-order valence-corrected chi connectivity index (χ3v) is 4.66. The lowest BCUT2D eigenvalue weighted by Gasteiger charge is -2.14. The van der Waals surface area contributed by atoms with Gasteiger partial charge in [-0.15, -0.1) is 0 Å². The highest BCUT2D eigenvalue weighted by atomic mass is 15.3. The molecule has 1 atom stereocenters. The molecule has 0 saturated heterocycles. The van der Waals surface area contributed by atoms with Crippen molar-refractivity contribution in [3.8, 4) is 11.1 Å². The molecule has 3 heteroatoms. The molecule has 1 aromatic heterocycles. The molecule has 0 radical (unpaired) electrons. The van der Waals surface area contributed by atoms with E-state index in [0.717, 1.165) is 12.2 Å². The third-order valence-electron chi connectivity index (χ3n) is 4.66. The van der Waals surface area contributed by atoms with Gasteiger partial charge in [-0.2, -0.15) is 5.10 Å². The number of aryl methyl sites for hydroxylation is 3. The minimum absolute atomic E-state index is 0.546. The summed E-state index contributed by atoms with van der Waals surface area (Å²) in [7, 11) is 2.02. The molecule has 0 spiro atoms. The molecule has 0 bridgehead atoms. The summed E-state index contributed by atoms with van der Waals surface area (Å²) in [6.07, 6.45) is 3.60. The first-order valence-electron chi connectivity index (χ1n) is 7.98. The molecule has 0 fully saturated rings. The Morgan fingerprint density at radius 2 is 2.14 bits per heavy atom. The van der Waals surface area contributed by atoms with Crippen molar-refractivity contribution in [2.24, 2.45) is 7.05 Å². The predicted molar refractivity (Wildman–Crippen MR) is 87.5 cm³/mol. The molecule has 112 valence electrons. The van der Waals surface area contributed by atoms with Gasteiger partial charge in [-0.25, -0.2) is 0 Å². The minimum Gasteiger partial charge on any atom is -0.310 e. The SMILES string of the molecule is CCCNC1CCc2cc(-c3c(C)nn(C)c3C)ccc21. The fourth-order valence-corrected chi connectivity index (χ4v) is 3.50. The summed E-state index contributed by atoms with van der Waals surface area (Å²) in [5, 5.41) is 8.20. The molecule has 1 aromatic carbocycles. The number of fused-ring (bicyclic) bond motifs is 1. The van der Waals surface area contributed by atoms with E-state index in [1.54, 1.807) is 0 Å². The van der Waals surface area contributed by atoms with E-state index >= 15 is 0 Å². The largest absolute Gasteiger partial charge is 0.310 e. The van der Waals surface area contributed by atoms with Crippen molar-refractivity contribution < 1.29 is 0 Å². The third kappa shape index (κ3) is 2.51. The molecular weight excluding hydrogens is 258 g/mol. The summed E-state index contributed by atoms with van der Waals surface area (Å²) in [5.74, 6) is 0. The van der Waals surface area contributed by atoms with Crippen LogP contribution in [0.2, 0.25) is 0 Å². The maximum atomic E-state index is 4.54. The molecule has 21 heavy (non-hydrogen) atoms. The second-order valence-corrected chi connectivity index (χ2v) is 6.13. The number of benzene rings is 1. The number of nitrogens with one attached hydrogen (secondary N) is 1. The van der Waals surface area contributed by atoms with Crippen molar-refractivity contribution in [2.75, 3.05) is 6.54 Å². The minimum atomic E-state index is 0.546. The Hall–Kier alpha value is -1.61. The van der Waals surface area contributed by atoms with Crippen LogP contribution in [0, 0.1) is 13.8 Å². The fraction of sp³-hybridized carbons (Fsp3) is 0.500. The second-order valence-electron chi connectivity index (χ2n) is 6.13. The lowest BCUT2D eigenvalue weighted by molar-refractivity contribution is 0.529. The van der Waals surface area contributed by atoms with Crippen molar-refractivity contribution in [1.82, 2.24) is 15.1 Å². The molecule has 1 aliphatic rings. The van der Waals surface area contributed by atoms with Crippen molar-refractivity contribution in [3.05, 3.63) is 40.7 Å². The highest BCUT2D eigenvalue weighted by Gasteiger charge is 2.23. The lowest BCUT2D eigenvalue weighted by atomic mass is 9.98. The quantitative estimate of drug-likeness (QED) is 0.927. The fourth-order valence-electron chi connectivity index (χ4n) is 3.50. The first-order chi connectivity index (χ1) is 10.1. The zero-order chi connectivity index (χ0) is 15.0. The van der Waals surface area contributed by atoms with Crippen LogP contribution in [-0.2, 0) is 13.5 Å². The topological polar surface area (TPSA) is 29.9 Å². The van der Waals surface area contributed by atoms with Crippen LogP contribution in [-0.4, -0.2) is 16.3 Å². The Morgan fingerprint density at radius 3 is 2.81 bits per heavy atom. The van der Waals surface area contributed by atoms with Crippen molar-refractivity contribution in [2.45, 2.75) is 46.1 Å². The standard InChI is InChI=1S/C18H25N3/c1-5-10-19-17-9-7-14-11-15(6-8-16(14)17)18-12(2)20-21(4)13(18)3/h6,8,11,17,19H,5,7,9-10H2,1-4H3. The zero-order valence-electron chi connectivity index (χ0n) is 13.5. The lowest BCUT2D eigenvalue weighted by Crippen LogP contribution is -2.19. The molecule has 3 rings (SSSR count). The van der Waals surface area contributed by atoms with E-state index in [1.165, 1.54) is 47.2 Å². The Balaban J connectivity index is 1.94. The van der Waals surface area contributed by atoms with Gasteiger partial charge in [-0.05, 0) is 56.3 Å². The van der Waals surface area contributed by atoms with Crippen LogP contribution in [0.25, 0.3) is 11.1 Å². The van der Waals surface area contributed by atoms with E-state index in [2.05, 4.69) is 49.4 Å². The summed E-state index contributed by atoms with van der Waals surface area (Å²) in [6.45, 7) is 7.57. The first-order valence-corrected chi connectivity index (χ1v) is 7.98. The van der Waals surface area contributed by atoms with Crippen LogP contribution < -0.4 is 5.32 Å². The smallest absolute Gasteiger partial charge is 0.0674 e. The molecular formula is C18H25N3. The molecule has 2 aromatic rings. The number of rotatable bonds is 4.